The Kier molecular flexibility index (Phi) is 3.84. The maximum Gasteiger partial charge on any atom is 0.433 e. The summed E-state index contributed by atoms with van der Waals surface area (Å²) >= 11 is 0. The Hall–Kier alpha value is -3.48. The number of allylic oxidation sites excluding steroid dienone is 1. The van der Waals surface area contributed by atoms with E-state index in [-0.39, 0.29) is 17.4 Å². The second kappa shape index (κ2) is 6.10. The first-order valence-corrected chi connectivity index (χ1v) is 6.68. The lowest BCUT2D eigenvalue weighted by Crippen LogP contribution is -1.96. The predicted molar refractivity (Wildman–Crippen MR) is 82.3 cm³/mol. The van der Waals surface area contributed by atoms with Crippen molar-refractivity contribution < 1.29 is 14.1 Å². The molecule has 0 aliphatic carbocycles. The smallest absolute Gasteiger partial charge is 0.401 e. The molecular weight excluding hydrogens is 298 g/mol. The standard InChI is InChI=1S/C16H11N3O4/c20-15(7-5-14-6-8-16(23-14)19(21)22)12-1-3-13(4-2-12)18-10-9-17-11-18/h1-11H/b7-5+. The van der Waals surface area contributed by atoms with E-state index in [4.69, 9.17) is 4.42 Å². The van der Waals surface area contributed by atoms with Gasteiger partial charge in [-0.2, -0.15) is 0 Å². The van der Waals surface area contributed by atoms with Gasteiger partial charge in [0.05, 0.1) is 12.4 Å². The third-order valence-corrected chi connectivity index (χ3v) is 3.15. The van der Waals surface area contributed by atoms with Gasteiger partial charge in [-0.05, 0) is 42.5 Å². The number of hydrogen-bond acceptors (Lipinski definition) is 5. The Labute approximate surface area is 130 Å². The highest BCUT2D eigenvalue weighted by Crippen LogP contribution is 2.17. The Bertz CT molecular complexity index is 861. The summed E-state index contributed by atoms with van der Waals surface area (Å²) in [5.74, 6) is -0.330. The molecule has 0 bridgehead atoms. The molecule has 0 N–H and O–H groups in total. The number of ketones is 1. The van der Waals surface area contributed by atoms with E-state index in [0.717, 1.165) is 5.69 Å². The van der Waals surface area contributed by atoms with Gasteiger partial charge in [-0.25, -0.2) is 4.98 Å². The molecule has 0 atom stereocenters. The zero-order valence-corrected chi connectivity index (χ0v) is 11.8. The summed E-state index contributed by atoms with van der Waals surface area (Å²) in [4.78, 5) is 25.9. The predicted octanol–water partition coefficient (Wildman–Crippen LogP) is 3.27. The Balaban J connectivity index is 1.72. The second-order valence-electron chi connectivity index (χ2n) is 4.65. The average molecular weight is 309 g/mol. The van der Waals surface area contributed by atoms with Crippen LogP contribution in [0.5, 0.6) is 0 Å². The van der Waals surface area contributed by atoms with Gasteiger partial charge < -0.3 is 8.98 Å². The zero-order chi connectivity index (χ0) is 16.2. The highest BCUT2D eigenvalue weighted by molar-refractivity contribution is 6.06. The number of nitro groups is 1. The lowest BCUT2D eigenvalue weighted by molar-refractivity contribution is -0.402. The van der Waals surface area contributed by atoms with Crippen LogP contribution >= 0.6 is 0 Å². The molecule has 0 spiro atoms. The highest BCUT2D eigenvalue weighted by atomic mass is 16.6. The zero-order valence-electron chi connectivity index (χ0n) is 11.8. The topological polar surface area (TPSA) is 91.2 Å². The Morgan fingerprint density at radius 1 is 1.22 bits per heavy atom. The van der Waals surface area contributed by atoms with Gasteiger partial charge in [-0.15, -0.1) is 0 Å². The minimum atomic E-state index is -0.631. The summed E-state index contributed by atoms with van der Waals surface area (Å²) in [5.41, 5.74) is 1.40. The fourth-order valence-electron chi connectivity index (χ4n) is 1.99. The maximum atomic E-state index is 12.1. The van der Waals surface area contributed by atoms with E-state index in [0.29, 0.717) is 5.56 Å². The number of carbonyl (C=O) groups excluding carboxylic acids is 1. The average Bonchev–Trinajstić information content (AvgIpc) is 3.24. The molecule has 0 unspecified atom stereocenters. The van der Waals surface area contributed by atoms with Crippen LogP contribution in [0.3, 0.4) is 0 Å². The summed E-state index contributed by atoms with van der Waals surface area (Å²) in [6, 6.07) is 9.69. The molecule has 7 nitrogen and oxygen atoms in total. The van der Waals surface area contributed by atoms with Crippen LogP contribution in [0.25, 0.3) is 11.8 Å². The van der Waals surface area contributed by atoms with Gasteiger partial charge >= 0.3 is 5.88 Å². The third kappa shape index (κ3) is 3.24. The molecule has 3 aromatic rings. The van der Waals surface area contributed by atoms with Gasteiger partial charge in [0, 0.05) is 23.6 Å². The summed E-state index contributed by atoms with van der Waals surface area (Å²) in [7, 11) is 0. The van der Waals surface area contributed by atoms with Gasteiger partial charge in [0.1, 0.15) is 10.7 Å². The van der Waals surface area contributed by atoms with Crippen molar-refractivity contribution in [3.05, 3.63) is 82.6 Å². The number of imidazole rings is 1. The summed E-state index contributed by atoms with van der Waals surface area (Å²) in [5, 5.41) is 10.5. The number of furan rings is 1. The van der Waals surface area contributed by atoms with Crippen molar-refractivity contribution in [2.24, 2.45) is 0 Å². The summed E-state index contributed by atoms with van der Waals surface area (Å²) in [6.07, 6.45) is 7.86. The molecule has 0 aliphatic heterocycles. The van der Waals surface area contributed by atoms with Crippen molar-refractivity contribution in [3.63, 3.8) is 0 Å². The fraction of sp³-hybridized carbons (Fsp3) is 0. The van der Waals surface area contributed by atoms with Crippen LogP contribution in [0.4, 0.5) is 5.88 Å². The van der Waals surface area contributed by atoms with Crippen LogP contribution in [0, 0.1) is 10.1 Å². The number of carbonyl (C=O) groups is 1. The van der Waals surface area contributed by atoms with Crippen LogP contribution in [0.2, 0.25) is 0 Å². The minimum absolute atomic E-state index is 0.221. The number of nitrogens with zero attached hydrogens (tertiary/aromatic N) is 3. The number of rotatable bonds is 5. The van der Waals surface area contributed by atoms with Crippen molar-refractivity contribution in [1.82, 2.24) is 9.55 Å². The molecule has 0 aliphatic rings. The first-order valence-electron chi connectivity index (χ1n) is 6.68. The van der Waals surface area contributed by atoms with E-state index in [1.165, 1.54) is 24.3 Å². The third-order valence-electron chi connectivity index (χ3n) is 3.15. The molecule has 2 heterocycles. The Morgan fingerprint density at radius 2 is 2.00 bits per heavy atom. The van der Waals surface area contributed by atoms with E-state index in [1.54, 1.807) is 43.0 Å². The molecule has 23 heavy (non-hydrogen) atoms. The first-order chi connectivity index (χ1) is 11.1. The fourth-order valence-corrected chi connectivity index (χ4v) is 1.99. The largest absolute Gasteiger partial charge is 0.433 e. The molecule has 1 aromatic carbocycles. The number of aromatic nitrogens is 2. The van der Waals surface area contributed by atoms with Gasteiger partial charge in [0.15, 0.2) is 5.78 Å². The normalized spacial score (nSPS) is 11.0. The SMILES string of the molecule is O=C(/C=C/c1ccc([N+](=O)[O-])o1)c1ccc(-n2ccnc2)cc1. The molecule has 0 saturated carbocycles. The van der Waals surface area contributed by atoms with Crippen molar-refractivity contribution in [3.8, 4) is 5.69 Å². The van der Waals surface area contributed by atoms with Gasteiger partial charge in [0.2, 0.25) is 0 Å². The summed E-state index contributed by atoms with van der Waals surface area (Å²) in [6.45, 7) is 0. The molecule has 0 saturated heterocycles. The minimum Gasteiger partial charge on any atom is -0.401 e. The molecule has 114 valence electrons. The highest BCUT2D eigenvalue weighted by Gasteiger charge is 2.10. The van der Waals surface area contributed by atoms with Gasteiger partial charge in [-0.1, -0.05) is 0 Å². The molecular formula is C16H11N3O4. The van der Waals surface area contributed by atoms with E-state index in [9.17, 15) is 14.9 Å². The van der Waals surface area contributed by atoms with E-state index >= 15 is 0 Å². The van der Waals surface area contributed by atoms with Crippen LogP contribution in [0.1, 0.15) is 16.1 Å². The quantitative estimate of drug-likeness (QED) is 0.312. The van der Waals surface area contributed by atoms with E-state index in [2.05, 4.69) is 4.98 Å². The van der Waals surface area contributed by atoms with Crippen LogP contribution < -0.4 is 0 Å². The van der Waals surface area contributed by atoms with Crippen molar-refractivity contribution in [2.75, 3.05) is 0 Å². The molecule has 0 radical (unpaired) electrons. The lowest BCUT2D eigenvalue weighted by atomic mass is 10.1. The maximum absolute atomic E-state index is 12.1. The van der Waals surface area contributed by atoms with Crippen LogP contribution in [-0.4, -0.2) is 20.3 Å². The van der Waals surface area contributed by atoms with Crippen LogP contribution in [0.15, 0.2) is 65.6 Å². The van der Waals surface area contributed by atoms with E-state index < -0.39 is 4.92 Å². The van der Waals surface area contributed by atoms with Crippen molar-refractivity contribution in [1.29, 1.82) is 0 Å². The van der Waals surface area contributed by atoms with Crippen molar-refractivity contribution >= 4 is 17.7 Å². The first kappa shape index (κ1) is 14.5. The lowest BCUT2D eigenvalue weighted by Gasteiger charge is -2.02. The van der Waals surface area contributed by atoms with Crippen LogP contribution in [-0.2, 0) is 0 Å². The number of hydrogen-bond donors (Lipinski definition) is 0. The second-order valence-corrected chi connectivity index (χ2v) is 4.65. The number of benzene rings is 1. The molecule has 7 heteroatoms. The van der Waals surface area contributed by atoms with Crippen molar-refractivity contribution in [2.45, 2.75) is 0 Å². The summed E-state index contributed by atoms with van der Waals surface area (Å²) < 4.78 is 6.78. The molecule has 0 amide bonds. The molecule has 2 aromatic heterocycles. The molecule has 3 rings (SSSR count). The monoisotopic (exact) mass is 309 g/mol. The van der Waals surface area contributed by atoms with Gasteiger partial charge in [0.25, 0.3) is 0 Å². The van der Waals surface area contributed by atoms with E-state index in [1.807, 2.05) is 4.57 Å². The Morgan fingerprint density at radius 3 is 2.61 bits per heavy atom. The van der Waals surface area contributed by atoms with Gasteiger partial charge in [-0.3, -0.25) is 14.9 Å². The molecule has 0 fully saturated rings.